The van der Waals surface area contributed by atoms with Gasteiger partial charge < -0.3 is 4.90 Å². The summed E-state index contributed by atoms with van der Waals surface area (Å²) < 4.78 is 0. The van der Waals surface area contributed by atoms with Crippen LogP contribution in [0.15, 0.2) is 0 Å². The van der Waals surface area contributed by atoms with Crippen molar-refractivity contribution in [3.05, 3.63) is 0 Å². The second-order valence-electron chi connectivity index (χ2n) is 2.45. The number of piperidine rings is 1. The zero-order valence-electron chi connectivity index (χ0n) is 5.84. The fourth-order valence-electron chi connectivity index (χ4n) is 0.924. The van der Waals surface area contributed by atoms with Gasteiger partial charge in [0.1, 0.15) is 5.78 Å². The first-order valence-corrected chi connectivity index (χ1v) is 3.97. The van der Waals surface area contributed by atoms with Crippen LogP contribution in [0.2, 0.25) is 0 Å². The van der Waals surface area contributed by atoms with Crippen molar-refractivity contribution < 1.29 is 4.79 Å². The lowest BCUT2D eigenvalue weighted by molar-refractivity contribution is -0.120. The molecule has 0 N–H and O–H groups in total. The van der Waals surface area contributed by atoms with Crippen molar-refractivity contribution in [3.63, 3.8) is 0 Å². The lowest BCUT2D eigenvalue weighted by Gasteiger charge is -2.24. The number of ketones is 1. The Bertz CT molecular complexity index is 129. The first-order valence-electron chi connectivity index (χ1n) is 3.05. The van der Waals surface area contributed by atoms with Crippen LogP contribution in [0.5, 0.6) is 0 Å². The number of hydrogen-bond acceptors (Lipinski definition) is 2. The molecule has 60 valence electrons. The smallest absolute Gasteiger partial charge is 0.149 e. The zero-order valence-corrected chi connectivity index (χ0v) is 9.14. The fraction of sp³-hybridized carbons (Fsp3) is 0.833. The number of carbonyl (C=O) groups excluding carboxylic acids is 1. The summed E-state index contributed by atoms with van der Waals surface area (Å²) in [6.07, 6.45) is 0.701. The van der Waals surface area contributed by atoms with Crippen molar-refractivity contribution in [3.8, 4) is 0 Å². The highest BCUT2D eigenvalue weighted by Gasteiger charge is 2.21. The van der Waals surface area contributed by atoms with Crippen molar-refractivity contribution in [2.75, 3.05) is 20.1 Å². The minimum absolute atomic E-state index is 0. The molecule has 0 aromatic rings. The highest BCUT2D eigenvalue weighted by molar-refractivity contribution is 9.10. The van der Waals surface area contributed by atoms with Crippen LogP contribution in [-0.2, 0) is 4.79 Å². The molecule has 0 bridgehead atoms. The molecule has 4 heteroatoms. The molecule has 0 aromatic carbocycles. The summed E-state index contributed by atoms with van der Waals surface area (Å²) in [6.45, 7) is 1.78. The van der Waals surface area contributed by atoms with Crippen molar-refractivity contribution >= 4 is 38.7 Å². The maximum Gasteiger partial charge on any atom is 0.149 e. The van der Waals surface area contributed by atoms with E-state index in [0.717, 1.165) is 13.1 Å². The van der Waals surface area contributed by atoms with Crippen molar-refractivity contribution in [2.24, 2.45) is 0 Å². The Morgan fingerprint density at radius 3 is 2.70 bits per heavy atom. The minimum Gasteiger partial charge on any atom is -0.304 e. The van der Waals surface area contributed by atoms with E-state index in [0.29, 0.717) is 12.2 Å². The van der Waals surface area contributed by atoms with Crippen LogP contribution < -0.4 is 0 Å². The summed E-state index contributed by atoms with van der Waals surface area (Å²) in [7, 11) is 2.03. The van der Waals surface area contributed by atoms with Crippen LogP contribution in [-0.4, -0.2) is 35.6 Å². The molecule has 0 saturated carbocycles. The van der Waals surface area contributed by atoms with E-state index in [1.807, 2.05) is 7.05 Å². The molecular weight excluding hydrogens is 262 g/mol. The van der Waals surface area contributed by atoms with Gasteiger partial charge in [0, 0.05) is 19.5 Å². The molecule has 1 heterocycles. The number of rotatable bonds is 0. The van der Waals surface area contributed by atoms with Crippen LogP contribution in [0.25, 0.3) is 0 Å². The highest BCUT2D eigenvalue weighted by atomic mass is 79.9. The summed E-state index contributed by atoms with van der Waals surface area (Å²) in [5.74, 6) is 0.341. The first-order chi connectivity index (χ1) is 4.20. The molecule has 1 fully saturated rings. The van der Waals surface area contributed by atoms with E-state index >= 15 is 0 Å². The Labute approximate surface area is 79.9 Å². The monoisotopic (exact) mass is 271 g/mol. The predicted molar refractivity (Wildman–Crippen MR) is 50.2 cm³/mol. The molecule has 1 aliphatic heterocycles. The summed E-state index contributed by atoms with van der Waals surface area (Å²) in [5, 5.41) is 0. The number of alkyl halides is 1. The van der Waals surface area contributed by atoms with E-state index in [1.165, 1.54) is 0 Å². The van der Waals surface area contributed by atoms with E-state index in [9.17, 15) is 4.79 Å². The van der Waals surface area contributed by atoms with Gasteiger partial charge in [0.2, 0.25) is 0 Å². The van der Waals surface area contributed by atoms with Gasteiger partial charge in [-0.25, -0.2) is 0 Å². The van der Waals surface area contributed by atoms with Crippen molar-refractivity contribution in [2.45, 2.75) is 11.2 Å². The highest BCUT2D eigenvalue weighted by Crippen LogP contribution is 2.11. The molecule has 0 amide bonds. The Morgan fingerprint density at radius 1 is 1.70 bits per heavy atom. The van der Waals surface area contributed by atoms with Crippen LogP contribution in [0.3, 0.4) is 0 Å². The number of nitrogens with zero attached hydrogens (tertiary/aromatic N) is 1. The molecule has 0 spiro atoms. The maximum atomic E-state index is 10.9. The summed E-state index contributed by atoms with van der Waals surface area (Å²) in [4.78, 5) is 13.1. The molecule has 2 nitrogen and oxygen atoms in total. The number of hydrogen-bond donors (Lipinski definition) is 0. The van der Waals surface area contributed by atoms with Crippen LogP contribution in [0.4, 0.5) is 0 Å². The van der Waals surface area contributed by atoms with Crippen molar-refractivity contribution in [1.82, 2.24) is 4.90 Å². The number of carbonyl (C=O) groups is 1. The number of likely N-dealkylation sites (tertiary alicyclic amines) is 1. The molecule has 1 rings (SSSR count). The Hall–Kier alpha value is 0.590. The maximum absolute atomic E-state index is 10.9. The van der Waals surface area contributed by atoms with Crippen LogP contribution in [0, 0.1) is 0 Å². The Kier molecular flexibility index (Phi) is 4.73. The van der Waals surface area contributed by atoms with Gasteiger partial charge in [0.15, 0.2) is 0 Å². The zero-order chi connectivity index (χ0) is 6.85. The molecule has 0 aromatic heterocycles. The van der Waals surface area contributed by atoms with Crippen LogP contribution in [0.1, 0.15) is 6.42 Å². The molecule has 1 aliphatic rings. The normalized spacial score (nSPS) is 27.8. The molecular formula is C6H11Br2NO. The molecule has 1 saturated heterocycles. The van der Waals surface area contributed by atoms with Gasteiger partial charge >= 0.3 is 0 Å². The van der Waals surface area contributed by atoms with Gasteiger partial charge in [-0.05, 0) is 7.05 Å². The van der Waals surface area contributed by atoms with Gasteiger partial charge in [-0.15, -0.1) is 17.0 Å². The van der Waals surface area contributed by atoms with Gasteiger partial charge in [0.25, 0.3) is 0 Å². The van der Waals surface area contributed by atoms with Gasteiger partial charge in [-0.3, -0.25) is 4.79 Å². The summed E-state index contributed by atoms with van der Waals surface area (Å²) in [6, 6.07) is 0. The SMILES string of the molecule is Br.CN1CCC(=O)C(Br)C1. The van der Waals surface area contributed by atoms with Crippen molar-refractivity contribution in [1.29, 1.82) is 0 Å². The van der Waals surface area contributed by atoms with E-state index < -0.39 is 0 Å². The number of Topliss-reactive ketones (excluding diaryl/α,β-unsaturated/α-hetero) is 1. The van der Waals surface area contributed by atoms with E-state index in [2.05, 4.69) is 20.8 Å². The summed E-state index contributed by atoms with van der Waals surface area (Å²) in [5.41, 5.74) is 0. The topological polar surface area (TPSA) is 20.3 Å². The largest absolute Gasteiger partial charge is 0.304 e. The third-order valence-corrected chi connectivity index (χ3v) is 2.36. The Morgan fingerprint density at radius 2 is 2.30 bits per heavy atom. The third-order valence-electron chi connectivity index (χ3n) is 1.56. The first kappa shape index (κ1) is 10.6. The lowest BCUT2D eigenvalue weighted by atomic mass is 10.1. The molecule has 1 atom stereocenters. The average Bonchev–Trinajstić information content (AvgIpc) is 1.80. The third kappa shape index (κ3) is 2.68. The van der Waals surface area contributed by atoms with E-state index in [4.69, 9.17) is 0 Å². The standard InChI is InChI=1S/C6H10BrNO.BrH/c1-8-3-2-6(9)5(7)4-8;/h5H,2-4H2,1H3;1H. The predicted octanol–water partition coefficient (Wildman–Crippen LogP) is 1.23. The van der Waals surface area contributed by atoms with Crippen LogP contribution >= 0.6 is 32.9 Å². The molecule has 1 unspecified atom stereocenters. The lowest BCUT2D eigenvalue weighted by Crippen LogP contribution is -2.38. The minimum atomic E-state index is 0. The number of halogens is 2. The van der Waals surface area contributed by atoms with E-state index in [1.54, 1.807) is 0 Å². The average molecular weight is 273 g/mol. The quantitative estimate of drug-likeness (QED) is 0.619. The Balaban J connectivity index is 0.000000810. The molecule has 0 radical (unpaired) electrons. The second kappa shape index (κ2) is 4.46. The summed E-state index contributed by atoms with van der Waals surface area (Å²) >= 11 is 3.30. The second-order valence-corrected chi connectivity index (χ2v) is 3.55. The van der Waals surface area contributed by atoms with Gasteiger partial charge in [-0.1, -0.05) is 15.9 Å². The fourth-order valence-corrected chi connectivity index (χ4v) is 1.65. The molecule has 10 heavy (non-hydrogen) atoms. The van der Waals surface area contributed by atoms with Gasteiger partial charge in [-0.2, -0.15) is 0 Å². The van der Waals surface area contributed by atoms with Gasteiger partial charge in [0.05, 0.1) is 4.83 Å². The van der Waals surface area contributed by atoms with E-state index in [-0.39, 0.29) is 21.8 Å². The molecule has 0 aliphatic carbocycles.